The van der Waals surface area contributed by atoms with Gasteiger partial charge < -0.3 is 4.74 Å². The Balaban J connectivity index is 2.10. The van der Waals surface area contributed by atoms with E-state index in [-0.39, 0.29) is 0 Å². The highest BCUT2D eigenvalue weighted by atomic mass is 35.5. The fourth-order valence-electron chi connectivity index (χ4n) is 2.12. The zero-order valence-corrected chi connectivity index (χ0v) is 11.3. The minimum Gasteiger partial charge on any atom is -0.456 e. The second kappa shape index (κ2) is 5.35. The topological polar surface area (TPSA) is 26.3 Å². The summed E-state index contributed by atoms with van der Waals surface area (Å²) in [5.74, 6) is 1.16. The van der Waals surface area contributed by atoms with Crippen LogP contribution in [0.2, 0.25) is 5.02 Å². The average molecular weight is 283 g/mol. The van der Waals surface area contributed by atoms with Gasteiger partial charge in [0.1, 0.15) is 11.5 Å². The average Bonchev–Trinajstić information content (AvgIpc) is 2.48. The Labute approximate surface area is 121 Å². The van der Waals surface area contributed by atoms with Crippen LogP contribution >= 0.6 is 11.6 Å². The smallest absolute Gasteiger partial charge is 0.155 e. The van der Waals surface area contributed by atoms with Crippen LogP contribution in [0.5, 0.6) is 11.5 Å². The van der Waals surface area contributed by atoms with E-state index in [0.29, 0.717) is 28.4 Å². The Kier molecular flexibility index (Phi) is 3.40. The van der Waals surface area contributed by atoms with E-state index < -0.39 is 0 Å². The Morgan fingerprint density at radius 3 is 2.40 bits per heavy atom. The molecular weight excluding hydrogens is 272 g/mol. The van der Waals surface area contributed by atoms with Crippen molar-refractivity contribution in [2.75, 3.05) is 0 Å². The summed E-state index contributed by atoms with van der Waals surface area (Å²) in [7, 11) is 0. The van der Waals surface area contributed by atoms with Crippen LogP contribution in [0, 0.1) is 0 Å². The lowest BCUT2D eigenvalue weighted by Gasteiger charge is -2.11. The predicted octanol–water partition coefficient (Wildman–Crippen LogP) is 5.10. The summed E-state index contributed by atoms with van der Waals surface area (Å²) in [5.41, 5.74) is 0.363. The van der Waals surface area contributed by atoms with E-state index in [1.165, 1.54) is 0 Å². The molecule has 0 unspecified atom stereocenters. The zero-order valence-electron chi connectivity index (χ0n) is 10.5. The summed E-state index contributed by atoms with van der Waals surface area (Å²) in [6.07, 6.45) is 0.711. The van der Waals surface area contributed by atoms with Crippen molar-refractivity contribution in [1.82, 2.24) is 0 Å². The molecule has 0 aliphatic rings. The van der Waals surface area contributed by atoms with Crippen molar-refractivity contribution in [1.29, 1.82) is 0 Å². The van der Waals surface area contributed by atoms with Crippen LogP contribution in [-0.2, 0) is 0 Å². The van der Waals surface area contributed by atoms with Crippen molar-refractivity contribution < 1.29 is 9.53 Å². The van der Waals surface area contributed by atoms with Crippen molar-refractivity contribution >= 4 is 28.7 Å². The molecule has 0 aliphatic carbocycles. The van der Waals surface area contributed by atoms with Gasteiger partial charge in [-0.25, -0.2) is 0 Å². The lowest BCUT2D eigenvalue weighted by Crippen LogP contribution is -1.92. The van der Waals surface area contributed by atoms with Gasteiger partial charge in [-0.05, 0) is 23.6 Å². The Morgan fingerprint density at radius 1 is 0.850 bits per heavy atom. The van der Waals surface area contributed by atoms with Gasteiger partial charge in [0.25, 0.3) is 0 Å². The van der Waals surface area contributed by atoms with E-state index in [2.05, 4.69) is 0 Å². The molecule has 3 rings (SSSR count). The maximum Gasteiger partial charge on any atom is 0.155 e. The van der Waals surface area contributed by atoms with Crippen LogP contribution in [0.25, 0.3) is 10.8 Å². The number of rotatable bonds is 3. The zero-order chi connectivity index (χ0) is 13.9. The summed E-state index contributed by atoms with van der Waals surface area (Å²) in [6.45, 7) is 0. The van der Waals surface area contributed by atoms with E-state index in [1.54, 1.807) is 18.2 Å². The SMILES string of the molecule is O=Cc1c(Cl)cccc1Oc1cccc2ccccc12. The third-order valence-corrected chi connectivity index (χ3v) is 3.43. The van der Waals surface area contributed by atoms with Gasteiger partial charge in [-0.1, -0.05) is 54.1 Å². The second-order valence-electron chi connectivity index (χ2n) is 4.35. The number of aldehydes is 1. The summed E-state index contributed by atoms with van der Waals surface area (Å²) < 4.78 is 5.88. The number of fused-ring (bicyclic) bond motifs is 1. The number of ether oxygens (including phenoxy) is 1. The molecule has 3 aromatic rings. The van der Waals surface area contributed by atoms with Crippen LogP contribution in [0.15, 0.2) is 60.7 Å². The van der Waals surface area contributed by atoms with Crippen molar-refractivity contribution in [2.24, 2.45) is 0 Å². The molecule has 0 heterocycles. The van der Waals surface area contributed by atoms with Gasteiger partial charge in [0.2, 0.25) is 0 Å². The van der Waals surface area contributed by atoms with Crippen LogP contribution in [0.1, 0.15) is 10.4 Å². The first kappa shape index (κ1) is 12.7. The molecule has 0 saturated carbocycles. The van der Waals surface area contributed by atoms with Gasteiger partial charge >= 0.3 is 0 Å². The first-order valence-corrected chi connectivity index (χ1v) is 6.56. The molecule has 0 N–H and O–H groups in total. The molecule has 0 amide bonds. The fourth-order valence-corrected chi connectivity index (χ4v) is 2.33. The number of halogens is 1. The molecule has 3 heteroatoms. The van der Waals surface area contributed by atoms with Gasteiger partial charge in [-0.2, -0.15) is 0 Å². The van der Waals surface area contributed by atoms with Crippen LogP contribution < -0.4 is 4.74 Å². The van der Waals surface area contributed by atoms with Gasteiger partial charge in [0, 0.05) is 5.39 Å². The number of hydrogen-bond acceptors (Lipinski definition) is 2. The van der Waals surface area contributed by atoms with Crippen molar-refractivity contribution in [3.8, 4) is 11.5 Å². The first-order valence-electron chi connectivity index (χ1n) is 6.19. The molecule has 0 aliphatic heterocycles. The van der Waals surface area contributed by atoms with E-state index >= 15 is 0 Å². The normalized spacial score (nSPS) is 10.4. The molecule has 0 aromatic heterocycles. The highest BCUT2D eigenvalue weighted by Gasteiger charge is 2.09. The highest BCUT2D eigenvalue weighted by molar-refractivity contribution is 6.33. The molecule has 0 spiro atoms. The number of benzene rings is 3. The second-order valence-corrected chi connectivity index (χ2v) is 4.76. The Hall–Kier alpha value is -2.32. The molecule has 0 atom stereocenters. The third kappa shape index (κ3) is 2.26. The molecule has 0 saturated heterocycles. The van der Waals surface area contributed by atoms with E-state index in [4.69, 9.17) is 16.3 Å². The minimum atomic E-state index is 0.363. The number of hydrogen-bond donors (Lipinski definition) is 0. The van der Waals surface area contributed by atoms with Crippen LogP contribution in [0.3, 0.4) is 0 Å². The molecular formula is C17H11ClO2. The van der Waals surface area contributed by atoms with Gasteiger partial charge in [-0.15, -0.1) is 0 Å². The molecule has 3 aromatic carbocycles. The van der Waals surface area contributed by atoms with Gasteiger partial charge in [0.05, 0.1) is 10.6 Å². The molecule has 0 bridgehead atoms. The maximum absolute atomic E-state index is 11.1. The number of carbonyl (C=O) groups is 1. The number of carbonyl (C=O) groups excluding carboxylic acids is 1. The lowest BCUT2D eigenvalue weighted by atomic mass is 10.1. The standard InChI is InChI=1S/C17H11ClO2/c18-15-8-4-10-17(14(15)11-19)20-16-9-3-6-12-5-1-2-7-13(12)16/h1-11H. The van der Waals surface area contributed by atoms with Gasteiger partial charge in [0.15, 0.2) is 6.29 Å². The molecule has 0 fully saturated rings. The largest absolute Gasteiger partial charge is 0.456 e. The molecule has 2 nitrogen and oxygen atoms in total. The van der Waals surface area contributed by atoms with Crippen LogP contribution in [-0.4, -0.2) is 6.29 Å². The maximum atomic E-state index is 11.1. The summed E-state index contributed by atoms with van der Waals surface area (Å²) in [5, 5.41) is 2.46. The molecule has 20 heavy (non-hydrogen) atoms. The van der Waals surface area contributed by atoms with Crippen molar-refractivity contribution in [3.05, 3.63) is 71.2 Å². The monoisotopic (exact) mass is 282 g/mol. The van der Waals surface area contributed by atoms with E-state index in [1.807, 2.05) is 42.5 Å². The van der Waals surface area contributed by atoms with Crippen LogP contribution in [0.4, 0.5) is 0 Å². The third-order valence-electron chi connectivity index (χ3n) is 3.10. The molecule has 98 valence electrons. The summed E-state index contributed by atoms with van der Waals surface area (Å²) in [4.78, 5) is 11.1. The Bertz CT molecular complexity index is 776. The summed E-state index contributed by atoms with van der Waals surface area (Å²) in [6, 6.07) is 18.9. The Morgan fingerprint density at radius 2 is 1.55 bits per heavy atom. The fraction of sp³-hybridized carbons (Fsp3) is 0. The highest BCUT2D eigenvalue weighted by Crippen LogP contribution is 2.33. The summed E-state index contributed by atoms with van der Waals surface area (Å²) >= 11 is 6.00. The quantitative estimate of drug-likeness (QED) is 0.625. The first-order chi connectivity index (χ1) is 9.79. The van der Waals surface area contributed by atoms with Crippen molar-refractivity contribution in [3.63, 3.8) is 0 Å². The predicted molar refractivity (Wildman–Crippen MR) is 80.9 cm³/mol. The molecule has 0 radical (unpaired) electrons. The minimum absolute atomic E-state index is 0.363. The van der Waals surface area contributed by atoms with Gasteiger partial charge in [-0.3, -0.25) is 4.79 Å². The van der Waals surface area contributed by atoms with Crippen molar-refractivity contribution in [2.45, 2.75) is 0 Å². The van der Waals surface area contributed by atoms with E-state index in [0.717, 1.165) is 10.8 Å². The van der Waals surface area contributed by atoms with E-state index in [9.17, 15) is 4.79 Å². The lowest BCUT2D eigenvalue weighted by molar-refractivity contribution is 0.112.